The second-order valence-electron chi connectivity index (χ2n) is 7.58. The summed E-state index contributed by atoms with van der Waals surface area (Å²) in [4.78, 5) is 24.3. The van der Waals surface area contributed by atoms with Crippen molar-refractivity contribution in [2.45, 2.75) is 71.0 Å². The minimum atomic E-state index is -2.52. The second-order valence-corrected chi connectivity index (χ2v) is 13.0. The molecular formula is C19H30O4Si. The summed E-state index contributed by atoms with van der Waals surface area (Å²) in [6, 6.07) is 6.26. The predicted octanol–water partition coefficient (Wildman–Crippen LogP) is 5.50. The lowest BCUT2D eigenvalue weighted by molar-refractivity contribution is 0.0651. The van der Waals surface area contributed by atoms with Gasteiger partial charge < -0.3 is 9.53 Å². The van der Waals surface area contributed by atoms with Crippen LogP contribution in [0.1, 0.15) is 75.6 Å². The largest absolute Gasteiger partial charge is 0.514 e. The van der Waals surface area contributed by atoms with Crippen LogP contribution in [-0.4, -0.2) is 25.4 Å². The standard InChI is InChI=1S/C19H30O4Si/c1-8-19(6,7)24(13(2)3,14(4)5)23-18(22)16-12-10-9-11-15(16)17(20)21/h9-14H,8H2,1-7H3,(H,20,21). The summed E-state index contributed by atoms with van der Waals surface area (Å²) < 4.78 is 6.23. The van der Waals surface area contributed by atoms with Gasteiger partial charge in [0.25, 0.3) is 8.32 Å². The lowest BCUT2D eigenvalue weighted by Gasteiger charge is -2.48. The number of benzene rings is 1. The third kappa shape index (κ3) is 3.56. The molecule has 0 aliphatic rings. The summed E-state index contributed by atoms with van der Waals surface area (Å²) in [5.41, 5.74) is 0.587. The van der Waals surface area contributed by atoms with Crippen LogP contribution >= 0.6 is 0 Å². The van der Waals surface area contributed by atoms with E-state index in [1.165, 1.54) is 12.1 Å². The van der Waals surface area contributed by atoms with Crippen molar-refractivity contribution in [3.63, 3.8) is 0 Å². The van der Waals surface area contributed by atoms with Gasteiger partial charge in [0.15, 0.2) is 0 Å². The Balaban J connectivity index is 3.40. The molecule has 24 heavy (non-hydrogen) atoms. The van der Waals surface area contributed by atoms with Crippen LogP contribution in [0, 0.1) is 0 Å². The Kier molecular flexibility index (Phi) is 6.39. The first-order valence-electron chi connectivity index (χ1n) is 8.56. The minimum Gasteiger partial charge on any atom is -0.514 e. The van der Waals surface area contributed by atoms with E-state index in [4.69, 9.17) is 4.43 Å². The van der Waals surface area contributed by atoms with Crippen LogP contribution < -0.4 is 0 Å². The summed E-state index contributed by atoms with van der Waals surface area (Å²) in [6.45, 7) is 14.9. The van der Waals surface area contributed by atoms with Gasteiger partial charge in [-0.15, -0.1) is 0 Å². The van der Waals surface area contributed by atoms with Crippen molar-refractivity contribution in [1.29, 1.82) is 0 Å². The number of carbonyl (C=O) groups is 2. The third-order valence-corrected chi connectivity index (χ3v) is 11.7. The Morgan fingerprint density at radius 1 is 1.08 bits per heavy atom. The zero-order chi connectivity index (χ0) is 18.7. The summed E-state index contributed by atoms with van der Waals surface area (Å²) in [7, 11) is -2.52. The molecule has 1 aromatic rings. The van der Waals surface area contributed by atoms with Gasteiger partial charge in [-0.2, -0.15) is 0 Å². The average molecular weight is 351 g/mol. The third-order valence-electron chi connectivity index (χ3n) is 5.30. The van der Waals surface area contributed by atoms with Crippen LogP contribution in [0.4, 0.5) is 0 Å². The Labute approximate surface area is 146 Å². The van der Waals surface area contributed by atoms with E-state index in [1.807, 2.05) is 0 Å². The van der Waals surface area contributed by atoms with Crippen LogP contribution in [0.25, 0.3) is 0 Å². The van der Waals surface area contributed by atoms with Crippen molar-refractivity contribution in [2.24, 2.45) is 0 Å². The zero-order valence-electron chi connectivity index (χ0n) is 15.8. The first-order valence-corrected chi connectivity index (χ1v) is 10.6. The molecule has 0 aliphatic carbocycles. The van der Waals surface area contributed by atoms with E-state index in [0.29, 0.717) is 0 Å². The molecule has 0 fully saturated rings. The number of carbonyl (C=O) groups excluding carboxylic acids is 1. The van der Waals surface area contributed by atoms with E-state index in [0.717, 1.165) is 6.42 Å². The zero-order valence-corrected chi connectivity index (χ0v) is 16.8. The summed E-state index contributed by atoms with van der Waals surface area (Å²) in [6.07, 6.45) is 0.906. The van der Waals surface area contributed by atoms with Gasteiger partial charge in [0.1, 0.15) is 0 Å². The lowest BCUT2D eigenvalue weighted by Crippen LogP contribution is -2.54. The highest BCUT2D eigenvalue weighted by molar-refractivity contribution is 6.80. The number of carboxylic acid groups (broad SMARTS) is 1. The minimum absolute atomic E-state index is 0.00721. The molecule has 0 saturated carbocycles. The van der Waals surface area contributed by atoms with Gasteiger partial charge in [0.05, 0.1) is 11.1 Å². The highest BCUT2D eigenvalue weighted by Crippen LogP contribution is 2.53. The molecule has 0 radical (unpaired) electrons. The number of hydrogen-bond donors (Lipinski definition) is 1. The smallest absolute Gasteiger partial charge is 0.336 e. The molecule has 0 spiro atoms. The number of aromatic carboxylic acids is 1. The topological polar surface area (TPSA) is 63.6 Å². The van der Waals surface area contributed by atoms with E-state index < -0.39 is 20.3 Å². The van der Waals surface area contributed by atoms with Crippen molar-refractivity contribution in [2.75, 3.05) is 0 Å². The van der Waals surface area contributed by atoms with Crippen molar-refractivity contribution >= 4 is 20.3 Å². The monoisotopic (exact) mass is 350 g/mol. The highest BCUT2D eigenvalue weighted by Gasteiger charge is 2.56. The molecule has 0 aromatic heterocycles. The molecule has 1 N–H and O–H groups in total. The average Bonchev–Trinajstić information content (AvgIpc) is 2.51. The van der Waals surface area contributed by atoms with Crippen molar-refractivity contribution < 1.29 is 19.1 Å². The van der Waals surface area contributed by atoms with Crippen molar-refractivity contribution in [3.05, 3.63) is 35.4 Å². The molecule has 134 valence electrons. The van der Waals surface area contributed by atoms with E-state index in [2.05, 4.69) is 48.5 Å². The summed E-state index contributed by atoms with van der Waals surface area (Å²) in [5.74, 6) is -1.62. The Bertz CT molecular complexity index is 597. The van der Waals surface area contributed by atoms with Crippen LogP contribution in [0.2, 0.25) is 16.1 Å². The molecule has 0 aliphatic heterocycles. The van der Waals surface area contributed by atoms with Crippen LogP contribution in [-0.2, 0) is 4.43 Å². The normalized spacial score (nSPS) is 12.5. The van der Waals surface area contributed by atoms with Gasteiger partial charge in [0, 0.05) is 0 Å². The quantitative estimate of drug-likeness (QED) is 0.660. The fraction of sp³-hybridized carbons (Fsp3) is 0.579. The molecule has 1 rings (SSSR count). The molecule has 5 heteroatoms. The maximum absolute atomic E-state index is 12.9. The van der Waals surface area contributed by atoms with Crippen LogP contribution in [0.3, 0.4) is 0 Å². The van der Waals surface area contributed by atoms with E-state index in [9.17, 15) is 14.7 Å². The lowest BCUT2D eigenvalue weighted by atomic mass is 10.1. The fourth-order valence-electron chi connectivity index (χ4n) is 3.94. The van der Waals surface area contributed by atoms with Gasteiger partial charge >= 0.3 is 11.9 Å². The van der Waals surface area contributed by atoms with E-state index >= 15 is 0 Å². The second kappa shape index (κ2) is 7.51. The molecule has 0 heterocycles. The summed E-state index contributed by atoms with van der Waals surface area (Å²) in [5, 5.41) is 9.23. The Hall–Kier alpha value is -1.62. The van der Waals surface area contributed by atoms with Crippen LogP contribution in [0.15, 0.2) is 24.3 Å². The molecule has 4 nitrogen and oxygen atoms in total. The van der Waals surface area contributed by atoms with Gasteiger partial charge in [-0.05, 0) is 28.3 Å². The Morgan fingerprint density at radius 2 is 1.54 bits per heavy atom. The molecular weight excluding hydrogens is 320 g/mol. The van der Waals surface area contributed by atoms with Crippen molar-refractivity contribution in [1.82, 2.24) is 0 Å². The molecule has 0 atom stereocenters. The number of carboxylic acids is 1. The van der Waals surface area contributed by atoms with E-state index in [-0.39, 0.29) is 27.2 Å². The van der Waals surface area contributed by atoms with Gasteiger partial charge in [-0.1, -0.05) is 67.0 Å². The molecule has 1 aromatic carbocycles. The van der Waals surface area contributed by atoms with Gasteiger partial charge in [-0.25, -0.2) is 9.59 Å². The van der Waals surface area contributed by atoms with E-state index in [1.54, 1.807) is 12.1 Å². The maximum atomic E-state index is 12.9. The Morgan fingerprint density at radius 3 is 1.92 bits per heavy atom. The number of hydrogen-bond acceptors (Lipinski definition) is 3. The SMILES string of the molecule is CCC(C)(C)[Si](OC(=O)c1ccccc1C(=O)O)(C(C)C)C(C)C. The maximum Gasteiger partial charge on any atom is 0.336 e. The fourth-order valence-corrected chi connectivity index (χ4v) is 10.1. The molecule has 0 unspecified atom stereocenters. The van der Waals surface area contributed by atoms with Gasteiger partial charge in [0.2, 0.25) is 0 Å². The molecule has 0 amide bonds. The molecule has 0 bridgehead atoms. The first-order chi connectivity index (χ1) is 11.0. The predicted molar refractivity (Wildman–Crippen MR) is 99.1 cm³/mol. The first kappa shape index (κ1) is 20.4. The van der Waals surface area contributed by atoms with Gasteiger partial charge in [-0.3, -0.25) is 0 Å². The van der Waals surface area contributed by atoms with Crippen LogP contribution in [0.5, 0.6) is 0 Å². The van der Waals surface area contributed by atoms with Crippen molar-refractivity contribution in [3.8, 4) is 0 Å². The number of rotatable bonds is 7. The molecule has 0 saturated heterocycles. The summed E-state index contributed by atoms with van der Waals surface area (Å²) >= 11 is 0. The highest BCUT2D eigenvalue weighted by atomic mass is 28.4.